The number of pyridine rings is 1. The number of carboxylic acids is 1. The standard InChI is InChI=1S/C7H5ClFNO3/c1-13-6-3(8)2-10-5(4(6)9)7(11)12/h2H,1H3,(H,11,12). The van der Waals surface area contributed by atoms with Crippen LogP contribution in [0.1, 0.15) is 10.5 Å². The molecule has 0 aliphatic carbocycles. The SMILES string of the molecule is COc1c(Cl)cnc(C(=O)O)c1F. The summed E-state index contributed by atoms with van der Waals surface area (Å²) in [6.45, 7) is 0. The molecule has 1 aromatic rings. The fraction of sp³-hybridized carbons (Fsp3) is 0.143. The number of halogens is 2. The summed E-state index contributed by atoms with van der Waals surface area (Å²) in [5.74, 6) is -2.84. The van der Waals surface area contributed by atoms with Crippen LogP contribution in [0.5, 0.6) is 5.75 Å². The first-order valence-corrected chi connectivity index (χ1v) is 3.57. The zero-order valence-electron chi connectivity index (χ0n) is 6.54. The van der Waals surface area contributed by atoms with E-state index in [0.29, 0.717) is 0 Å². The molecule has 0 spiro atoms. The summed E-state index contributed by atoms with van der Waals surface area (Å²) >= 11 is 5.49. The van der Waals surface area contributed by atoms with E-state index in [1.54, 1.807) is 0 Å². The monoisotopic (exact) mass is 205 g/mol. The molecule has 0 bridgehead atoms. The van der Waals surface area contributed by atoms with Crippen LogP contribution in [0.25, 0.3) is 0 Å². The molecule has 13 heavy (non-hydrogen) atoms. The molecule has 0 aromatic carbocycles. The Balaban J connectivity index is 3.35. The predicted molar refractivity (Wildman–Crippen MR) is 42.7 cm³/mol. The number of hydrogen-bond donors (Lipinski definition) is 1. The van der Waals surface area contributed by atoms with Crippen LogP contribution in [0.15, 0.2) is 6.20 Å². The van der Waals surface area contributed by atoms with E-state index in [0.717, 1.165) is 6.20 Å². The summed E-state index contributed by atoms with van der Waals surface area (Å²) in [4.78, 5) is 13.7. The predicted octanol–water partition coefficient (Wildman–Crippen LogP) is 1.58. The largest absolute Gasteiger partial charge is 0.492 e. The molecular formula is C7H5ClFNO3. The van der Waals surface area contributed by atoms with Crippen molar-refractivity contribution >= 4 is 17.6 Å². The third-order valence-electron chi connectivity index (χ3n) is 1.34. The highest BCUT2D eigenvalue weighted by Gasteiger charge is 2.19. The summed E-state index contributed by atoms with van der Waals surface area (Å²) in [6.07, 6.45) is 1.02. The van der Waals surface area contributed by atoms with Gasteiger partial charge in [-0.25, -0.2) is 14.2 Å². The van der Waals surface area contributed by atoms with Crippen LogP contribution < -0.4 is 4.74 Å². The molecule has 0 aliphatic heterocycles. The molecule has 0 amide bonds. The number of hydrogen-bond acceptors (Lipinski definition) is 3. The first kappa shape index (κ1) is 9.73. The van der Waals surface area contributed by atoms with Crippen molar-refractivity contribution in [3.63, 3.8) is 0 Å². The average molecular weight is 206 g/mol. The summed E-state index contributed by atoms with van der Waals surface area (Å²) in [6, 6.07) is 0. The molecule has 1 heterocycles. The molecule has 6 heteroatoms. The average Bonchev–Trinajstić information content (AvgIpc) is 2.04. The number of aromatic nitrogens is 1. The van der Waals surface area contributed by atoms with Crippen LogP contribution in [0.2, 0.25) is 5.02 Å². The topological polar surface area (TPSA) is 59.4 Å². The van der Waals surface area contributed by atoms with Gasteiger partial charge in [-0.05, 0) is 0 Å². The lowest BCUT2D eigenvalue weighted by atomic mass is 10.3. The highest BCUT2D eigenvalue weighted by Crippen LogP contribution is 2.27. The Bertz CT molecular complexity index is 356. The van der Waals surface area contributed by atoms with Crippen molar-refractivity contribution < 1.29 is 19.0 Å². The molecule has 0 radical (unpaired) electrons. The van der Waals surface area contributed by atoms with Crippen molar-refractivity contribution in [2.24, 2.45) is 0 Å². The second-order valence-corrected chi connectivity index (χ2v) is 2.51. The first-order valence-electron chi connectivity index (χ1n) is 3.19. The number of aromatic carboxylic acids is 1. The van der Waals surface area contributed by atoms with Gasteiger partial charge in [-0.1, -0.05) is 11.6 Å². The zero-order chi connectivity index (χ0) is 10.0. The maximum Gasteiger partial charge on any atom is 0.357 e. The number of rotatable bonds is 2. The molecule has 0 saturated carbocycles. The Morgan fingerprint density at radius 1 is 1.77 bits per heavy atom. The van der Waals surface area contributed by atoms with Gasteiger partial charge in [0.25, 0.3) is 0 Å². The van der Waals surface area contributed by atoms with Gasteiger partial charge in [-0.2, -0.15) is 0 Å². The van der Waals surface area contributed by atoms with Crippen molar-refractivity contribution in [2.75, 3.05) is 7.11 Å². The Morgan fingerprint density at radius 2 is 2.38 bits per heavy atom. The highest BCUT2D eigenvalue weighted by atomic mass is 35.5. The third kappa shape index (κ3) is 1.70. The summed E-state index contributed by atoms with van der Waals surface area (Å²) in [5, 5.41) is 8.41. The van der Waals surface area contributed by atoms with Crippen molar-refractivity contribution in [3.8, 4) is 5.75 Å². The second kappa shape index (κ2) is 3.57. The van der Waals surface area contributed by atoms with Crippen molar-refractivity contribution in [2.45, 2.75) is 0 Å². The maximum absolute atomic E-state index is 13.1. The molecule has 0 saturated heterocycles. The smallest absolute Gasteiger partial charge is 0.357 e. The second-order valence-electron chi connectivity index (χ2n) is 2.11. The number of ether oxygens (including phenoxy) is 1. The van der Waals surface area contributed by atoms with Crippen molar-refractivity contribution in [3.05, 3.63) is 22.7 Å². The molecule has 4 nitrogen and oxygen atoms in total. The summed E-state index contributed by atoms with van der Waals surface area (Å²) in [5.41, 5.74) is -0.707. The molecule has 70 valence electrons. The van der Waals surface area contributed by atoms with Gasteiger partial charge in [0.15, 0.2) is 17.3 Å². The van der Waals surface area contributed by atoms with E-state index in [1.807, 2.05) is 0 Å². The number of nitrogens with zero attached hydrogens (tertiary/aromatic N) is 1. The van der Waals surface area contributed by atoms with Gasteiger partial charge in [-0.15, -0.1) is 0 Å². The lowest BCUT2D eigenvalue weighted by Gasteiger charge is -2.04. The van der Waals surface area contributed by atoms with E-state index < -0.39 is 17.5 Å². The van der Waals surface area contributed by atoms with Gasteiger partial charge in [0, 0.05) is 0 Å². The van der Waals surface area contributed by atoms with Gasteiger partial charge in [-0.3, -0.25) is 0 Å². The molecule has 1 aromatic heterocycles. The minimum atomic E-state index is -1.47. The maximum atomic E-state index is 13.1. The van der Waals surface area contributed by atoms with Gasteiger partial charge in [0.1, 0.15) is 5.02 Å². The summed E-state index contributed by atoms with van der Waals surface area (Å²) < 4.78 is 17.7. The fourth-order valence-corrected chi connectivity index (χ4v) is 0.994. The normalized spacial score (nSPS) is 9.77. The summed E-state index contributed by atoms with van der Waals surface area (Å²) in [7, 11) is 1.19. The first-order chi connectivity index (χ1) is 6.07. The minimum Gasteiger partial charge on any atom is -0.492 e. The van der Waals surface area contributed by atoms with Crippen LogP contribution in [0.3, 0.4) is 0 Å². The van der Waals surface area contributed by atoms with Gasteiger partial charge in [0.05, 0.1) is 13.3 Å². The Hall–Kier alpha value is -1.36. The van der Waals surface area contributed by atoms with Crippen LogP contribution in [-0.4, -0.2) is 23.2 Å². The Morgan fingerprint density at radius 3 is 2.85 bits per heavy atom. The Labute approximate surface area is 77.9 Å². The highest BCUT2D eigenvalue weighted by molar-refractivity contribution is 6.32. The molecule has 0 atom stereocenters. The number of carboxylic acid groups (broad SMARTS) is 1. The van der Waals surface area contributed by atoms with Gasteiger partial charge in [0.2, 0.25) is 0 Å². The van der Waals surface area contributed by atoms with E-state index in [4.69, 9.17) is 16.7 Å². The molecule has 0 fully saturated rings. The van der Waals surface area contributed by atoms with Gasteiger partial charge < -0.3 is 9.84 Å². The molecule has 0 aliphatic rings. The third-order valence-corrected chi connectivity index (χ3v) is 1.61. The lowest BCUT2D eigenvalue weighted by molar-refractivity contribution is 0.0684. The zero-order valence-corrected chi connectivity index (χ0v) is 7.30. The number of methoxy groups -OCH3 is 1. The molecule has 1 rings (SSSR count). The quantitative estimate of drug-likeness (QED) is 0.796. The van der Waals surface area contributed by atoms with Gasteiger partial charge >= 0.3 is 5.97 Å². The molecule has 0 unspecified atom stereocenters. The van der Waals surface area contributed by atoms with E-state index in [-0.39, 0.29) is 10.8 Å². The van der Waals surface area contributed by atoms with Crippen LogP contribution in [0.4, 0.5) is 4.39 Å². The van der Waals surface area contributed by atoms with Crippen LogP contribution >= 0.6 is 11.6 Å². The van der Waals surface area contributed by atoms with Crippen molar-refractivity contribution in [1.29, 1.82) is 0 Å². The Kier molecular flexibility index (Phi) is 2.67. The van der Waals surface area contributed by atoms with E-state index in [1.165, 1.54) is 7.11 Å². The van der Waals surface area contributed by atoms with E-state index >= 15 is 0 Å². The van der Waals surface area contributed by atoms with E-state index in [9.17, 15) is 9.18 Å². The molecular weight excluding hydrogens is 201 g/mol. The van der Waals surface area contributed by atoms with Crippen LogP contribution in [-0.2, 0) is 0 Å². The lowest BCUT2D eigenvalue weighted by Crippen LogP contribution is -2.05. The number of carbonyl (C=O) groups is 1. The minimum absolute atomic E-state index is 0.0648. The van der Waals surface area contributed by atoms with Crippen molar-refractivity contribution in [1.82, 2.24) is 4.98 Å². The molecule has 1 N–H and O–H groups in total. The fourth-order valence-electron chi connectivity index (χ4n) is 0.785. The van der Waals surface area contributed by atoms with E-state index in [2.05, 4.69) is 9.72 Å². The van der Waals surface area contributed by atoms with Crippen LogP contribution in [0, 0.1) is 5.82 Å².